The molecule has 160 valence electrons. The van der Waals surface area contributed by atoms with Crippen LogP contribution < -0.4 is 16.4 Å². The monoisotopic (exact) mass is 413 g/mol. The molecule has 2 atom stereocenters. The van der Waals surface area contributed by atoms with Crippen molar-refractivity contribution >= 4 is 17.6 Å². The summed E-state index contributed by atoms with van der Waals surface area (Å²) >= 11 is 0. The molecule has 1 aromatic carbocycles. The van der Waals surface area contributed by atoms with Crippen LogP contribution >= 0.6 is 0 Å². The highest BCUT2D eigenvalue weighted by Crippen LogP contribution is 2.16. The van der Waals surface area contributed by atoms with Gasteiger partial charge >= 0.3 is 0 Å². The molecular formula is C22H28FN5O2. The molecule has 1 fully saturated rings. The lowest BCUT2D eigenvalue weighted by atomic mass is 10.0. The number of anilines is 1. The van der Waals surface area contributed by atoms with Crippen molar-refractivity contribution in [2.45, 2.75) is 44.3 Å². The van der Waals surface area contributed by atoms with E-state index in [2.05, 4.69) is 15.6 Å². The van der Waals surface area contributed by atoms with E-state index < -0.39 is 6.04 Å². The summed E-state index contributed by atoms with van der Waals surface area (Å²) < 4.78 is 13.2. The molecule has 30 heavy (non-hydrogen) atoms. The SMILES string of the molecule is CN1CCCC[C@@H]1C(=O)N[C@@H](Cc1ccc(F)cc1)C(=O)NCc1ccc(N)nc1. The summed E-state index contributed by atoms with van der Waals surface area (Å²) in [6.07, 6.45) is 4.69. The Balaban J connectivity index is 1.68. The van der Waals surface area contributed by atoms with Crippen LogP contribution in [0.15, 0.2) is 42.6 Å². The van der Waals surface area contributed by atoms with Gasteiger partial charge in [0, 0.05) is 19.2 Å². The summed E-state index contributed by atoms with van der Waals surface area (Å²) in [6.45, 7) is 1.13. The number of pyridine rings is 1. The molecule has 7 nitrogen and oxygen atoms in total. The first kappa shape index (κ1) is 21.7. The van der Waals surface area contributed by atoms with Gasteiger partial charge in [-0.2, -0.15) is 0 Å². The Morgan fingerprint density at radius 1 is 1.20 bits per heavy atom. The molecule has 0 spiro atoms. The van der Waals surface area contributed by atoms with Gasteiger partial charge in [0.15, 0.2) is 0 Å². The number of hydrogen-bond acceptors (Lipinski definition) is 5. The zero-order valence-electron chi connectivity index (χ0n) is 17.1. The smallest absolute Gasteiger partial charge is 0.243 e. The van der Waals surface area contributed by atoms with E-state index in [0.29, 0.717) is 5.82 Å². The fourth-order valence-corrected chi connectivity index (χ4v) is 3.59. The molecule has 0 saturated carbocycles. The van der Waals surface area contributed by atoms with E-state index in [1.165, 1.54) is 12.1 Å². The van der Waals surface area contributed by atoms with Gasteiger partial charge in [-0.25, -0.2) is 9.37 Å². The molecule has 0 bridgehead atoms. The van der Waals surface area contributed by atoms with E-state index >= 15 is 0 Å². The molecule has 4 N–H and O–H groups in total. The molecule has 2 amide bonds. The van der Waals surface area contributed by atoms with E-state index in [1.54, 1.807) is 30.5 Å². The van der Waals surface area contributed by atoms with E-state index in [9.17, 15) is 14.0 Å². The summed E-state index contributed by atoms with van der Waals surface area (Å²) in [5, 5.41) is 5.75. The van der Waals surface area contributed by atoms with Crippen LogP contribution in [0.3, 0.4) is 0 Å². The van der Waals surface area contributed by atoms with Gasteiger partial charge in [-0.15, -0.1) is 0 Å². The van der Waals surface area contributed by atoms with Crippen molar-refractivity contribution in [2.75, 3.05) is 19.3 Å². The number of hydrogen-bond donors (Lipinski definition) is 3. The average molecular weight is 413 g/mol. The number of amides is 2. The van der Waals surface area contributed by atoms with Crippen LogP contribution in [0.4, 0.5) is 10.2 Å². The fourth-order valence-electron chi connectivity index (χ4n) is 3.59. The Labute approximate surface area is 175 Å². The summed E-state index contributed by atoms with van der Waals surface area (Å²) in [5.74, 6) is -0.400. The first-order valence-corrected chi connectivity index (χ1v) is 10.2. The number of piperidine rings is 1. The van der Waals surface area contributed by atoms with Gasteiger partial charge in [0.2, 0.25) is 11.8 Å². The van der Waals surface area contributed by atoms with Crippen LogP contribution in [0.25, 0.3) is 0 Å². The van der Waals surface area contributed by atoms with Crippen LogP contribution in [0, 0.1) is 5.82 Å². The predicted molar refractivity (Wildman–Crippen MR) is 113 cm³/mol. The molecular weight excluding hydrogens is 385 g/mol. The highest BCUT2D eigenvalue weighted by atomic mass is 19.1. The zero-order chi connectivity index (χ0) is 21.5. The Bertz CT molecular complexity index is 857. The largest absolute Gasteiger partial charge is 0.384 e. The number of nitrogen functional groups attached to an aromatic ring is 1. The standard InChI is InChI=1S/C22H28FN5O2/c1-28-11-3-2-4-19(28)22(30)27-18(12-15-5-8-17(23)9-6-15)21(29)26-14-16-7-10-20(24)25-13-16/h5-10,13,18-19H,2-4,11-12,14H2,1H3,(H2,24,25)(H,26,29)(H,27,30)/t18-,19+/m0/s1. The van der Waals surface area contributed by atoms with Crippen molar-refractivity contribution in [3.05, 3.63) is 59.5 Å². The number of carbonyl (C=O) groups excluding carboxylic acids is 2. The minimum absolute atomic E-state index is 0.159. The Morgan fingerprint density at radius 3 is 2.60 bits per heavy atom. The van der Waals surface area contributed by atoms with E-state index in [4.69, 9.17) is 5.73 Å². The molecule has 1 aliphatic heterocycles. The molecule has 1 aromatic heterocycles. The van der Waals surface area contributed by atoms with E-state index in [1.807, 2.05) is 11.9 Å². The molecule has 0 unspecified atom stereocenters. The second kappa shape index (κ2) is 10.2. The maximum absolute atomic E-state index is 13.2. The van der Waals surface area contributed by atoms with Crippen molar-refractivity contribution in [3.8, 4) is 0 Å². The summed E-state index contributed by atoms with van der Waals surface area (Å²) in [4.78, 5) is 31.8. The number of halogens is 1. The minimum atomic E-state index is -0.764. The number of rotatable bonds is 7. The zero-order valence-corrected chi connectivity index (χ0v) is 17.1. The van der Waals surface area contributed by atoms with Crippen molar-refractivity contribution in [3.63, 3.8) is 0 Å². The minimum Gasteiger partial charge on any atom is -0.384 e. The van der Waals surface area contributed by atoms with Gasteiger partial charge in [0.05, 0.1) is 6.04 Å². The van der Waals surface area contributed by atoms with Crippen LogP contribution in [0.5, 0.6) is 0 Å². The number of likely N-dealkylation sites (tertiary alicyclic amines) is 1. The molecule has 1 aliphatic rings. The van der Waals surface area contributed by atoms with Gasteiger partial charge in [-0.1, -0.05) is 24.6 Å². The Morgan fingerprint density at radius 2 is 1.93 bits per heavy atom. The second-order valence-electron chi connectivity index (χ2n) is 7.69. The molecule has 2 heterocycles. The quantitative estimate of drug-likeness (QED) is 0.641. The van der Waals surface area contributed by atoms with Crippen molar-refractivity contribution in [1.29, 1.82) is 0 Å². The third kappa shape index (κ3) is 6.00. The molecule has 3 rings (SSSR count). The third-order valence-electron chi connectivity index (χ3n) is 5.37. The van der Waals surface area contributed by atoms with E-state index in [0.717, 1.165) is 36.9 Å². The first-order valence-electron chi connectivity index (χ1n) is 10.2. The number of likely N-dealkylation sites (N-methyl/N-ethyl adjacent to an activating group) is 1. The average Bonchev–Trinajstić information content (AvgIpc) is 2.74. The third-order valence-corrected chi connectivity index (χ3v) is 5.37. The van der Waals surface area contributed by atoms with E-state index in [-0.39, 0.29) is 36.6 Å². The van der Waals surface area contributed by atoms with Gasteiger partial charge in [0.1, 0.15) is 17.7 Å². The Kier molecular flexibility index (Phi) is 7.35. The molecule has 1 saturated heterocycles. The van der Waals surface area contributed by atoms with Crippen LogP contribution in [0.1, 0.15) is 30.4 Å². The fraction of sp³-hybridized carbons (Fsp3) is 0.409. The summed E-state index contributed by atoms with van der Waals surface area (Å²) in [5.41, 5.74) is 7.16. The molecule has 2 aromatic rings. The van der Waals surface area contributed by atoms with Crippen molar-refractivity contribution in [1.82, 2.24) is 20.5 Å². The number of benzene rings is 1. The van der Waals surface area contributed by atoms with Crippen LogP contribution in [-0.4, -0.2) is 47.4 Å². The lowest BCUT2D eigenvalue weighted by molar-refractivity contribution is -0.132. The first-order chi connectivity index (χ1) is 14.4. The van der Waals surface area contributed by atoms with Crippen LogP contribution in [0.2, 0.25) is 0 Å². The summed E-state index contributed by atoms with van der Waals surface area (Å²) in [7, 11) is 1.92. The van der Waals surface area contributed by atoms with Crippen molar-refractivity contribution in [2.24, 2.45) is 0 Å². The highest BCUT2D eigenvalue weighted by molar-refractivity contribution is 5.90. The van der Waals surface area contributed by atoms with Crippen molar-refractivity contribution < 1.29 is 14.0 Å². The lowest BCUT2D eigenvalue weighted by Gasteiger charge is -2.32. The predicted octanol–water partition coefficient (Wildman–Crippen LogP) is 1.63. The lowest BCUT2D eigenvalue weighted by Crippen LogP contribution is -2.54. The molecule has 0 radical (unpaired) electrons. The number of nitrogens with two attached hydrogens (primary N) is 1. The normalized spacial score (nSPS) is 17.9. The number of aromatic nitrogens is 1. The number of carbonyl (C=O) groups is 2. The molecule has 8 heteroatoms. The summed E-state index contributed by atoms with van der Waals surface area (Å²) in [6, 6.07) is 8.38. The topological polar surface area (TPSA) is 100 Å². The number of nitrogens with zero attached hydrogens (tertiary/aromatic N) is 2. The maximum Gasteiger partial charge on any atom is 0.243 e. The molecule has 0 aliphatic carbocycles. The van der Waals surface area contributed by atoms with Gasteiger partial charge in [-0.3, -0.25) is 14.5 Å². The van der Waals surface area contributed by atoms with Gasteiger partial charge < -0.3 is 16.4 Å². The maximum atomic E-state index is 13.2. The Hall–Kier alpha value is -3.00. The highest BCUT2D eigenvalue weighted by Gasteiger charge is 2.29. The van der Waals surface area contributed by atoms with Gasteiger partial charge in [0.25, 0.3) is 0 Å². The number of nitrogens with one attached hydrogen (secondary N) is 2. The second-order valence-corrected chi connectivity index (χ2v) is 7.69. The van der Waals surface area contributed by atoms with Gasteiger partial charge in [-0.05, 0) is 55.8 Å². The van der Waals surface area contributed by atoms with Crippen LogP contribution in [-0.2, 0) is 22.6 Å².